The summed E-state index contributed by atoms with van der Waals surface area (Å²) in [5.41, 5.74) is 0.166. The number of aliphatic hydroxyl groups excluding tert-OH is 1. The highest BCUT2D eigenvalue weighted by Gasteiger charge is 2.25. The van der Waals surface area contributed by atoms with E-state index < -0.39 is 22.0 Å². The summed E-state index contributed by atoms with van der Waals surface area (Å²) in [7, 11) is 0. The van der Waals surface area contributed by atoms with E-state index in [1.54, 1.807) is 0 Å². The van der Waals surface area contributed by atoms with E-state index in [1.807, 2.05) is 0 Å². The summed E-state index contributed by atoms with van der Waals surface area (Å²) in [5, 5.41) is 30.4. The van der Waals surface area contributed by atoms with Gasteiger partial charge in [0.25, 0.3) is 5.69 Å². The summed E-state index contributed by atoms with van der Waals surface area (Å²) >= 11 is 0. The van der Waals surface area contributed by atoms with Crippen LogP contribution in [0.25, 0.3) is 0 Å². The van der Waals surface area contributed by atoms with Gasteiger partial charge >= 0.3 is 0 Å². The second kappa shape index (κ2) is 4.67. The van der Waals surface area contributed by atoms with Gasteiger partial charge in [0.05, 0.1) is 4.92 Å². The highest BCUT2D eigenvalue weighted by atomic mass is 16.6. The van der Waals surface area contributed by atoms with Crippen molar-refractivity contribution in [1.29, 1.82) is 0 Å². The predicted octanol–water partition coefficient (Wildman–Crippen LogP) is 1.29. The molecule has 1 aromatic rings. The Morgan fingerprint density at radius 3 is 2.06 bits per heavy atom. The molecule has 0 aliphatic heterocycles. The van der Waals surface area contributed by atoms with Gasteiger partial charge in [0.15, 0.2) is 0 Å². The van der Waals surface area contributed by atoms with E-state index in [-0.39, 0.29) is 11.3 Å². The molecular weight excluding hydrogens is 216 g/mol. The van der Waals surface area contributed by atoms with Gasteiger partial charge in [-0.25, -0.2) is 0 Å². The number of aliphatic hydroxyl groups is 1. The molecule has 0 heterocycles. The summed E-state index contributed by atoms with van der Waals surface area (Å²) in [6, 6.07) is 3.86. The van der Waals surface area contributed by atoms with Gasteiger partial charge in [-0.1, -0.05) is 0 Å². The number of rotatable bonds is 4. The van der Waals surface area contributed by atoms with E-state index in [2.05, 4.69) is 0 Å². The normalized spacial score (nSPS) is 14.1. The molecule has 0 aliphatic rings. The fraction of sp³-hybridized carbons (Fsp3) is 0.333. The first kappa shape index (κ1) is 12.1. The Labute approximate surface area is 90.6 Å². The van der Waals surface area contributed by atoms with Crippen LogP contribution in [0.1, 0.15) is 18.6 Å². The zero-order chi connectivity index (χ0) is 12.3. The second-order valence-corrected chi connectivity index (χ2v) is 3.32. The van der Waals surface area contributed by atoms with Crippen molar-refractivity contribution in [2.45, 2.75) is 19.1 Å². The van der Waals surface area contributed by atoms with Crippen molar-refractivity contribution in [2.75, 3.05) is 0 Å². The second-order valence-electron chi connectivity index (χ2n) is 3.32. The average molecular weight is 226 g/mol. The lowest BCUT2D eigenvalue weighted by atomic mass is 10.0. The van der Waals surface area contributed by atoms with E-state index in [0.717, 1.165) is 0 Å². The molecule has 1 aromatic carbocycles. The van der Waals surface area contributed by atoms with Gasteiger partial charge < -0.3 is 5.11 Å². The molecule has 0 fully saturated rings. The van der Waals surface area contributed by atoms with Crippen LogP contribution < -0.4 is 0 Å². The minimum atomic E-state index is -1.27. The van der Waals surface area contributed by atoms with E-state index in [4.69, 9.17) is 0 Å². The molecule has 0 aromatic heterocycles. The molecule has 2 atom stereocenters. The van der Waals surface area contributed by atoms with Crippen LogP contribution in [0.4, 0.5) is 5.69 Å². The van der Waals surface area contributed by atoms with E-state index in [9.17, 15) is 25.3 Å². The lowest BCUT2D eigenvalue weighted by molar-refractivity contribution is -0.531. The summed E-state index contributed by atoms with van der Waals surface area (Å²) < 4.78 is 0. The highest BCUT2D eigenvalue weighted by molar-refractivity contribution is 5.33. The molecular formula is C9H10N2O5. The van der Waals surface area contributed by atoms with Gasteiger partial charge in [0, 0.05) is 24.0 Å². The Kier molecular flexibility index (Phi) is 3.51. The quantitative estimate of drug-likeness (QED) is 0.614. The van der Waals surface area contributed by atoms with Crippen molar-refractivity contribution < 1.29 is 15.0 Å². The maximum atomic E-state index is 10.4. The zero-order valence-corrected chi connectivity index (χ0v) is 8.44. The highest BCUT2D eigenvalue weighted by Crippen LogP contribution is 2.21. The third kappa shape index (κ3) is 2.51. The Morgan fingerprint density at radius 1 is 1.19 bits per heavy atom. The molecule has 0 saturated carbocycles. The Hall–Kier alpha value is -2.02. The van der Waals surface area contributed by atoms with Crippen molar-refractivity contribution in [2.24, 2.45) is 0 Å². The SMILES string of the molecule is CC(C(O)c1ccc([N+](=O)[O-])cc1)[N+](=O)[O-]. The molecule has 7 nitrogen and oxygen atoms in total. The van der Waals surface area contributed by atoms with Crippen LogP contribution in [-0.2, 0) is 0 Å². The lowest BCUT2D eigenvalue weighted by Gasteiger charge is -2.11. The third-order valence-electron chi connectivity index (χ3n) is 2.23. The molecule has 0 aliphatic carbocycles. The van der Waals surface area contributed by atoms with Gasteiger partial charge in [-0.05, 0) is 17.7 Å². The average Bonchev–Trinajstić information content (AvgIpc) is 2.27. The number of nitro benzene ring substituents is 1. The summed E-state index contributed by atoms with van der Waals surface area (Å²) in [4.78, 5) is 19.6. The molecule has 1 rings (SSSR count). The molecule has 16 heavy (non-hydrogen) atoms. The first-order valence-electron chi connectivity index (χ1n) is 4.49. The van der Waals surface area contributed by atoms with Crippen LogP contribution in [0.2, 0.25) is 0 Å². The van der Waals surface area contributed by atoms with Crippen LogP contribution >= 0.6 is 0 Å². The molecule has 86 valence electrons. The zero-order valence-electron chi connectivity index (χ0n) is 8.44. The summed E-state index contributed by atoms with van der Waals surface area (Å²) in [6.07, 6.45) is -1.27. The Morgan fingerprint density at radius 2 is 1.69 bits per heavy atom. The first-order valence-corrected chi connectivity index (χ1v) is 4.49. The van der Waals surface area contributed by atoms with Gasteiger partial charge in [0.1, 0.15) is 6.10 Å². The summed E-state index contributed by atoms with van der Waals surface area (Å²) in [5.74, 6) is 0. The molecule has 1 N–H and O–H groups in total. The molecule has 0 amide bonds. The minimum absolute atomic E-state index is 0.121. The first-order chi connectivity index (χ1) is 7.43. The number of nitro groups is 2. The fourth-order valence-corrected chi connectivity index (χ4v) is 1.19. The molecule has 7 heteroatoms. The van der Waals surface area contributed by atoms with Crippen LogP contribution in [0.15, 0.2) is 24.3 Å². The molecule has 2 unspecified atom stereocenters. The topological polar surface area (TPSA) is 107 Å². The van der Waals surface area contributed by atoms with Crippen molar-refractivity contribution in [1.82, 2.24) is 0 Å². The maximum absolute atomic E-state index is 10.4. The summed E-state index contributed by atoms with van der Waals surface area (Å²) in [6.45, 7) is 1.27. The van der Waals surface area contributed by atoms with Gasteiger partial charge in [0.2, 0.25) is 6.04 Å². The van der Waals surface area contributed by atoms with Crippen molar-refractivity contribution in [3.63, 3.8) is 0 Å². The van der Waals surface area contributed by atoms with Crippen LogP contribution in [0.3, 0.4) is 0 Å². The molecule has 0 spiro atoms. The predicted molar refractivity (Wildman–Crippen MR) is 54.5 cm³/mol. The maximum Gasteiger partial charge on any atom is 0.269 e. The number of non-ortho nitro benzene ring substituents is 1. The van der Waals surface area contributed by atoms with Crippen molar-refractivity contribution in [3.05, 3.63) is 50.1 Å². The minimum Gasteiger partial charge on any atom is -0.381 e. The van der Waals surface area contributed by atoms with Crippen LogP contribution in [0, 0.1) is 20.2 Å². The molecule has 0 radical (unpaired) electrons. The smallest absolute Gasteiger partial charge is 0.269 e. The van der Waals surface area contributed by atoms with E-state index in [0.29, 0.717) is 0 Å². The monoisotopic (exact) mass is 226 g/mol. The number of nitrogens with zero attached hydrogens (tertiary/aromatic N) is 2. The number of hydrogen-bond donors (Lipinski definition) is 1. The number of hydrogen-bond acceptors (Lipinski definition) is 5. The third-order valence-corrected chi connectivity index (χ3v) is 2.23. The molecule has 0 bridgehead atoms. The van der Waals surface area contributed by atoms with Crippen LogP contribution in [-0.4, -0.2) is 21.0 Å². The van der Waals surface area contributed by atoms with Crippen LogP contribution in [0.5, 0.6) is 0 Å². The standard InChI is InChI=1S/C9H10N2O5/c1-6(10(13)14)9(12)7-2-4-8(5-3-7)11(15)16/h2-6,9,12H,1H3. The van der Waals surface area contributed by atoms with Gasteiger partial charge in [-0.2, -0.15) is 0 Å². The Bertz CT molecular complexity index is 403. The lowest BCUT2D eigenvalue weighted by Crippen LogP contribution is -2.23. The van der Waals surface area contributed by atoms with Crippen molar-refractivity contribution in [3.8, 4) is 0 Å². The fourth-order valence-electron chi connectivity index (χ4n) is 1.19. The largest absolute Gasteiger partial charge is 0.381 e. The van der Waals surface area contributed by atoms with Gasteiger partial charge in [-0.3, -0.25) is 20.2 Å². The number of benzene rings is 1. The Balaban J connectivity index is 2.89. The van der Waals surface area contributed by atoms with Gasteiger partial charge in [-0.15, -0.1) is 0 Å². The van der Waals surface area contributed by atoms with E-state index >= 15 is 0 Å². The van der Waals surface area contributed by atoms with E-state index in [1.165, 1.54) is 31.2 Å². The van der Waals surface area contributed by atoms with Crippen molar-refractivity contribution >= 4 is 5.69 Å². The molecule has 0 saturated heterocycles.